The number of rotatable bonds is 4. The summed E-state index contributed by atoms with van der Waals surface area (Å²) in [6.45, 7) is 1.15. The molecule has 0 radical (unpaired) electrons. The van der Waals surface area contributed by atoms with Crippen LogP contribution in [0.2, 0.25) is 5.02 Å². The van der Waals surface area contributed by atoms with E-state index in [-0.39, 0.29) is 40.6 Å². The van der Waals surface area contributed by atoms with Crippen molar-refractivity contribution in [2.24, 2.45) is 0 Å². The van der Waals surface area contributed by atoms with E-state index in [1.54, 1.807) is 4.90 Å². The molecule has 6 nitrogen and oxygen atoms in total. The average Bonchev–Trinajstić information content (AvgIpc) is 3.15. The Morgan fingerprint density at radius 3 is 2.82 bits per heavy atom. The van der Waals surface area contributed by atoms with E-state index in [2.05, 4.69) is 4.98 Å². The molecule has 3 heterocycles. The molecule has 28 heavy (non-hydrogen) atoms. The quantitative estimate of drug-likeness (QED) is 0.691. The molecular weight excluding hydrogens is 414 g/mol. The Hall–Kier alpha value is -1.97. The fraction of sp³-hybridized carbons (Fsp3) is 0.389. The predicted molar refractivity (Wildman–Crippen MR) is 98.9 cm³/mol. The zero-order valence-corrected chi connectivity index (χ0v) is 16.3. The maximum atomic E-state index is 14.3. The Balaban J connectivity index is 1.84. The summed E-state index contributed by atoms with van der Waals surface area (Å²) in [7, 11) is -3.85. The lowest BCUT2D eigenvalue weighted by molar-refractivity contribution is 0.115. The summed E-state index contributed by atoms with van der Waals surface area (Å²) in [5, 5.41) is -0.590. The maximum absolute atomic E-state index is 14.3. The van der Waals surface area contributed by atoms with Crippen molar-refractivity contribution in [3.05, 3.63) is 41.1 Å². The number of anilines is 1. The molecule has 1 aromatic carbocycles. The molecule has 4 rings (SSSR count). The summed E-state index contributed by atoms with van der Waals surface area (Å²) >= 11 is 5.98. The highest BCUT2D eigenvalue weighted by Crippen LogP contribution is 2.44. The smallest absolute Gasteiger partial charge is 0.247 e. The Kier molecular flexibility index (Phi) is 5.15. The van der Waals surface area contributed by atoms with Gasteiger partial charge in [0.1, 0.15) is 15.6 Å². The molecular formula is C18H17ClF2N2O4S. The van der Waals surface area contributed by atoms with E-state index in [1.807, 2.05) is 0 Å². The first-order valence-electron chi connectivity index (χ1n) is 8.77. The fourth-order valence-corrected chi connectivity index (χ4v) is 5.43. The van der Waals surface area contributed by atoms with E-state index in [0.29, 0.717) is 13.2 Å². The highest BCUT2D eigenvalue weighted by atomic mass is 35.5. The number of nitrogens with zero attached hydrogens (tertiary/aromatic N) is 2. The van der Waals surface area contributed by atoms with Crippen molar-refractivity contribution in [1.29, 1.82) is 0 Å². The highest BCUT2D eigenvalue weighted by molar-refractivity contribution is 7.91. The van der Waals surface area contributed by atoms with E-state index in [1.165, 1.54) is 24.3 Å². The first-order valence-corrected chi connectivity index (χ1v) is 10.8. The number of halogens is 3. The third-order valence-electron chi connectivity index (χ3n) is 4.75. The van der Waals surface area contributed by atoms with Gasteiger partial charge in [0, 0.05) is 19.7 Å². The number of hydrogen-bond donors (Lipinski definition) is 0. The number of fused-ring (bicyclic) bond motifs is 1. The summed E-state index contributed by atoms with van der Waals surface area (Å²) < 4.78 is 64.8. The van der Waals surface area contributed by atoms with Crippen molar-refractivity contribution in [2.75, 3.05) is 30.3 Å². The van der Waals surface area contributed by atoms with Crippen molar-refractivity contribution in [1.82, 2.24) is 4.98 Å². The van der Waals surface area contributed by atoms with E-state index in [0.717, 1.165) is 12.8 Å². The molecule has 0 saturated carbocycles. The third kappa shape index (κ3) is 3.54. The molecule has 1 saturated heterocycles. The van der Waals surface area contributed by atoms with Gasteiger partial charge in [-0.15, -0.1) is 0 Å². The van der Waals surface area contributed by atoms with Gasteiger partial charge in [0.05, 0.1) is 11.9 Å². The van der Waals surface area contributed by atoms with Crippen LogP contribution in [0.5, 0.6) is 11.6 Å². The minimum atomic E-state index is -3.85. The standard InChI is InChI=1S/C18H17ClF2N2O4S/c19-14-16-15(18(22-17(14)21)27-13-6-2-1-5-12(13)20)23(7-9-28(16,24)25)10-11-4-3-8-26-11/h1-2,5-6,11H,3-4,7-10H2/t11-/m0/s1. The summed E-state index contributed by atoms with van der Waals surface area (Å²) in [5.41, 5.74) is 0.0383. The van der Waals surface area contributed by atoms with Crippen LogP contribution in [0.25, 0.3) is 0 Å². The van der Waals surface area contributed by atoms with Gasteiger partial charge in [-0.25, -0.2) is 12.8 Å². The second kappa shape index (κ2) is 7.46. The minimum absolute atomic E-state index is 0.0383. The highest BCUT2D eigenvalue weighted by Gasteiger charge is 2.38. The summed E-state index contributed by atoms with van der Waals surface area (Å²) in [5.74, 6) is -2.64. The van der Waals surface area contributed by atoms with E-state index >= 15 is 0 Å². The van der Waals surface area contributed by atoms with Crippen LogP contribution in [0.1, 0.15) is 12.8 Å². The van der Waals surface area contributed by atoms with E-state index in [4.69, 9.17) is 21.1 Å². The van der Waals surface area contributed by atoms with Gasteiger partial charge in [0.2, 0.25) is 11.8 Å². The molecule has 0 spiro atoms. The summed E-state index contributed by atoms with van der Waals surface area (Å²) in [4.78, 5) is 5.01. The maximum Gasteiger partial charge on any atom is 0.247 e. The summed E-state index contributed by atoms with van der Waals surface area (Å²) in [6.07, 6.45) is 1.63. The first-order chi connectivity index (χ1) is 13.4. The van der Waals surface area contributed by atoms with Gasteiger partial charge in [-0.2, -0.15) is 9.37 Å². The minimum Gasteiger partial charge on any atom is -0.434 e. The number of sulfone groups is 1. The predicted octanol–water partition coefficient (Wildman–Crippen LogP) is 3.58. The van der Waals surface area contributed by atoms with Gasteiger partial charge < -0.3 is 14.4 Å². The Morgan fingerprint density at radius 2 is 2.11 bits per heavy atom. The van der Waals surface area contributed by atoms with Crippen LogP contribution in [0.4, 0.5) is 14.5 Å². The Bertz CT molecular complexity index is 1010. The van der Waals surface area contributed by atoms with Crippen LogP contribution >= 0.6 is 11.6 Å². The topological polar surface area (TPSA) is 68.7 Å². The van der Waals surface area contributed by atoms with Crippen molar-refractivity contribution >= 4 is 27.1 Å². The van der Waals surface area contributed by atoms with Crippen molar-refractivity contribution in [2.45, 2.75) is 23.8 Å². The second-order valence-electron chi connectivity index (χ2n) is 6.63. The van der Waals surface area contributed by atoms with Gasteiger partial charge in [0.25, 0.3) is 0 Å². The molecule has 0 amide bonds. The molecule has 0 unspecified atom stereocenters. The summed E-state index contributed by atoms with van der Waals surface area (Å²) in [6, 6.07) is 5.53. The lowest BCUT2D eigenvalue weighted by atomic mass is 10.2. The second-order valence-corrected chi connectivity index (χ2v) is 9.06. The van der Waals surface area contributed by atoms with Crippen LogP contribution < -0.4 is 9.64 Å². The lowest BCUT2D eigenvalue weighted by Gasteiger charge is -2.33. The molecule has 0 N–H and O–H groups in total. The van der Waals surface area contributed by atoms with Gasteiger partial charge >= 0.3 is 0 Å². The number of hydrogen-bond acceptors (Lipinski definition) is 6. The van der Waals surface area contributed by atoms with Crippen molar-refractivity contribution in [3.63, 3.8) is 0 Å². The molecule has 10 heteroatoms. The average molecular weight is 431 g/mol. The van der Waals surface area contributed by atoms with Gasteiger partial charge in [0.15, 0.2) is 21.4 Å². The van der Waals surface area contributed by atoms with Crippen LogP contribution in [-0.2, 0) is 14.6 Å². The largest absolute Gasteiger partial charge is 0.434 e. The van der Waals surface area contributed by atoms with Crippen LogP contribution in [0, 0.1) is 11.8 Å². The zero-order valence-electron chi connectivity index (χ0n) is 14.7. The van der Waals surface area contributed by atoms with E-state index < -0.39 is 26.6 Å². The molecule has 0 bridgehead atoms. The molecule has 1 fully saturated rings. The molecule has 1 aromatic heterocycles. The molecule has 2 aromatic rings. The van der Waals surface area contributed by atoms with Crippen LogP contribution in [0.3, 0.4) is 0 Å². The third-order valence-corrected chi connectivity index (χ3v) is 6.94. The number of para-hydroxylation sites is 1. The van der Waals surface area contributed by atoms with Crippen molar-refractivity contribution < 1.29 is 26.7 Å². The van der Waals surface area contributed by atoms with E-state index in [9.17, 15) is 17.2 Å². The number of pyridine rings is 1. The molecule has 2 aliphatic rings. The van der Waals surface area contributed by atoms with Crippen LogP contribution in [-0.4, -0.2) is 45.0 Å². The number of aromatic nitrogens is 1. The molecule has 0 aliphatic carbocycles. The normalized spacial score (nSPS) is 20.8. The molecule has 1 atom stereocenters. The SMILES string of the molecule is O=S1(=O)CCN(C[C@@H]2CCCO2)c2c(Oc3ccccc3F)nc(F)c(Cl)c21. The van der Waals surface area contributed by atoms with Crippen molar-refractivity contribution in [3.8, 4) is 11.6 Å². The zero-order chi connectivity index (χ0) is 19.9. The Labute approximate surface area is 165 Å². The fourth-order valence-electron chi connectivity index (χ4n) is 3.41. The van der Waals surface area contributed by atoms with Gasteiger partial charge in [-0.1, -0.05) is 23.7 Å². The number of ether oxygens (including phenoxy) is 2. The monoisotopic (exact) mass is 430 g/mol. The first kappa shape index (κ1) is 19.4. The van der Waals surface area contributed by atoms with Gasteiger partial charge in [-0.3, -0.25) is 0 Å². The number of benzene rings is 1. The lowest BCUT2D eigenvalue weighted by Crippen LogP contribution is -2.40. The Morgan fingerprint density at radius 1 is 1.32 bits per heavy atom. The molecule has 2 aliphatic heterocycles. The van der Waals surface area contributed by atoms with Crippen LogP contribution in [0.15, 0.2) is 29.2 Å². The molecule has 150 valence electrons. The van der Waals surface area contributed by atoms with Gasteiger partial charge in [-0.05, 0) is 25.0 Å².